The Balaban J connectivity index is 2.03. The van der Waals surface area contributed by atoms with Crippen molar-refractivity contribution in [3.05, 3.63) is 0 Å². The van der Waals surface area contributed by atoms with Crippen LogP contribution in [0.4, 0.5) is 0 Å². The highest BCUT2D eigenvalue weighted by Gasteiger charge is 2.38. The van der Waals surface area contributed by atoms with Crippen LogP contribution in [0.15, 0.2) is 0 Å². The highest BCUT2D eigenvalue weighted by Crippen LogP contribution is 2.27. The van der Waals surface area contributed by atoms with Crippen molar-refractivity contribution in [1.29, 1.82) is 0 Å². The maximum absolute atomic E-state index is 12.1. The number of piperidine rings is 1. The number of carbonyl (C=O) groups is 1. The van der Waals surface area contributed by atoms with Crippen molar-refractivity contribution >= 4 is 5.91 Å². The summed E-state index contributed by atoms with van der Waals surface area (Å²) in [5.74, 6) is 0.307. The number of likely N-dealkylation sites (N-methyl/N-ethyl adjacent to an activating group) is 1. The lowest BCUT2D eigenvalue weighted by Gasteiger charge is -2.39. The van der Waals surface area contributed by atoms with Gasteiger partial charge in [-0.2, -0.15) is 0 Å². The Bertz CT molecular complexity index is 280. The van der Waals surface area contributed by atoms with Crippen molar-refractivity contribution in [3.63, 3.8) is 0 Å². The van der Waals surface area contributed by atoms with Crippen LogP contribution in [0.3, 0.4) is 0 Å². The summed E-state index contributed by atoms with van der Waals surface area (Å²) in [6.07, 6.45) is 5.72. The minimum atomic E-state index is 0.129. The molecule has 1 amide bonds. The standard InChI is InChI=1S/C13H25N3O/c1-10(14)9-11-5-3-4-7-16(11)12-6-8-15(2)13(12)17/h10-12H,3-9,14H2,1-2H3. The molecule has 0 aliphatic carbocycles. The van der Waals surface area contributed by atoms with Crippen LogP contribution in [0.5, 0.6) is 0 Å². The average molecular weight is 239 g/mol. The van der Waals surface area contributed by atoms with Gasteiger partial charge in [-0.3, -0.25) is 9.69 Å². The van der Waals surface area contributed by atoms with Crippen LogP contribution in [-0.4, -0.2) is 54.0 Å². The Labute approximate surface area is 104 Å². The normalized spacial score (nSPS) is 33.1. The number of nitrogens with zero attached hydrogens (tertiary/aromatic N) is 2. The highest BCUT2D eigenvalue weighted by molar-refractivity contribution is 5.83. The van der Waals surface area contributed by atoms with E-state index in [1.54, 1.807) is 0 Å². The first-order chi connectivity index (χ1) is 8.09. The number of likely N-dealkylation sites (tertiary alicyclic amines) is 2. The number of hydrogen-bond donors (Lipinski definition) is 1. The molecule has 2 saturated heterocycles. The first-order valence-electron chi connectivity index (χ1n) is 6.86. The van der Waals surface area contributed by atoms with Gasteiger partial charge in [0.2, 0.25) is 5.91 Å². The second-order valence-corrected chi connectivity index (χ2v) is 5.66. The molecule has 2 heterocycles. The molecule has 0 aromatic rings. The van der Waals surface area contributed by atoms with Crippen molar-refractivity contribution in [2.24, 2.45) is 5.73 Å². The Morgan fingerprint density at radius 3 is 2.71 bits per heavy atom. The SMILES string of the molecule is CC(N)CC1CCCCN1C1CCN(C)C1=O. The summed E-state index contributed by atoms with van der Waals surface area (Å²) in [6.45, 7) is 4.04. The second kappa shape index (κ2) is 5.36. The van der Waals surface area contributed by atoms with Gasteiger partial charge in [0.15, 0.2) is 0 Å². The Kier molecular flexibility index (Phi) is 4.05. The van der Waals surface area contributed by atoms with Gasteiger partial charge in [-0.1, -0.05) is 6.42 Å². The van der Waals surface area contributed by atoms with Gasteiger partial charge in [0.05, 0.1) is 6.04 Å². The minimum Gasteiger partial charge on any atom is -0.344 e. The molecule has 2 aliphatic heterocycles. The van der Waals surface area contributed by atoms with Crippen LogP contribution < -0.4 is 5.73 Å². The van der Waals surface area contributed by atoms with E-state index < -0.39 is 0 Å². The van der Waals surface area contributed by atoms with E-state index in [9.17, 15) is 4.79 Å². The van der Waals surface area contributed by atoms with E-state index in [0.29, 0.717) is 11.9 Å². The van der Waals surface area contributed by atoms with Gasteiger partial charge in [0, 0.05) is 25.7 Å². The molecular formula is C13H25N3O. The lowest BCUT2D eigenvalue weighted by Crippen LogP contribution is -2.50. The number of hydrogen-bond acceptors (Lipinski definition) is 3. The number of rotatable bonds is 3. The summed E-state index contributed by atoms with van der Waals surface area (Å²) in [5.41, 5.74) is 5.92. The highest BCUT2D eigenvalue weighted by atomic mass is 16.2. The van der Waals surface area contributed by atoms with Crippen molar-refractivity contribution in [1.82, 2.24) is 9.80 Å². The molecule has 4 nitrogen and oxygen atoms in total. The molecule has 3 unspecified atom stereocenters. The third-order valence-electron chi connectivity index (χ3n) is 4.12. The molecule has 4 heteroatoms. The van der Waals surface area contributed by atoms with E-state index in [2.05, 4.69) is 11.8 Å². The zero-order valence-corrected chi connectivity index (χ0v) is 11.1. The van der Waals surface area contributed by atoms with Crippen LogP contribution in [-0.2, 0) is 4.79 Å². The molecule has 2 rings (SSSR count). The number of nitrogens with two attached hydrogens (primary N) is 1. The summed E-state index contributed by atoms with van der Waals surface area (Å²) >= 11 is 0. The topological polar surface area (TPSA) is 49.6 Å². The average Bonchev–Trinajstić information content (AvgIpc) is 2.60. The summed E-state index contributed by atoms with van der Waals surface area (Å²) < 4.78 is 0. The lowest BCUT2D eigenvalue weighted by atomic mass is 9.94. The van der Waals surface area contributed by atoms with Gasteiger partial charge in [-0.15, -0.1) is 0 Å². The van der Waals surface area contributed by atoms with E-state index in [1.807, 2.05) is 11.9 Å². The molecule has 98 valence electrons. The van der Waals surface area contributed by atoms with E-state index in [-0.39, 0.29) is 12.1 Å². The van der Waals surface area contributed by atoms with Gasteiger partial charge in [-0.05, 0) is 39.2 Å². The summed E-state index contributed by atoms with van der Waals surface area (Å²) in [7, 11) is 1.91. The van der Waals surface area contributed by atoms with Gasteiger partial charge >= 0.3 is 0 Å². The molecule has 2 N–H and O–H groups in total. The zero-order chi connectivity index (χ0) is 12.4. The predicted octanol–water partition coefficient (Wildman–Crippen LogP) is 0.809. The first-order valence-corrected chi connectivity index (χ1v) is 6.86. The van der Waals surface area contributed by atoms with Crippen molar-refractivity contribution in [3.8, 4) is 0 Å². The molecule has 0 radical (unpaired) electrons. The molecular weight excluding hydrogens is 214 g/mol. The third-order valence-corrected chi connectivity index (χ3v) is 4.12. The molecule has 2 aliphatic rings. The molecule has 0 aromatic heterocycles. The molecule has 0 bridgehead atoms. The monoisotopic (exact) mass is 239 g/mol. The zero-order valence-electron chi connectivity index (χ0n) is 11.1. The molecule has 17 heavy (non-hydrogen) atoms. The van der Waals surface area contributed by atoms with Crippen LogP contribution in [0.25, 0.3) is 0 Å². The first kappa shape index (κ1) is 12.8. The molecule has 0 aromatic carbocycles. The van der Waals surface area contributed by atoms with Gasteiger partial charge in [0.25, 0.3) is 0 Å². The second-order valence-electron chi connectivity index (χ2n) is 5.66. The van der Waals surface area contributed by atoms with Gasteiger partial charge in [-0.25, -0.2) is 0 Å². The Morgan fingerprint density at radius 1 is 1.35 bits per heavy atom. The fourth-order valence-corrected chi connectivity index (χ4v) is 3.23. The van der Waals surface area contributed by atoms with Crippen molar-refractivity contribution in [2.75, 3.05) is 20.1 Å². The fraction of sp³-hybridized carbons (Fsp3) is 0.923. The lowest BCUT2D eigenvalue weighted by molar-refractivity contribution is -0.132. The van der Waals surface area contributed by atoms with Gasteiger partial charge < -0.3 is 10.6 Å². The molecule has 2 fully saturated rings. The Hall–Kier alpha value is -0.610. The third kappa shape index (κ3) is 2.80. The van der Waals surface area contributed by atoms with Crippen LogP contribution in [0, 0.1) is 0 Å². The summed E-state index contributed by atoms with van der Waals surface area (Å²) in [5, 5.41) is 0. The maximum Gasteiger partial charge on any atom is 0.239 e. The predicted molar refractivity (Wildman–Crippen MR) is 68.7 cm³/mol. The van der Waals surface area contributed by atoms with Crippen molar-refractivity contribution < 1.29 is 4.79 Å². The van der Waals surface area contributed by atoms with Crippen LogP contribution >= 0.6 is 0 Å². The van der Waals surface area contributed by atoms with Crippen molar-refractivity contribution in [2.45, 2.75) is 57.2 Å². The largest absolute Gasteiger partial charge is 0.344 e. The molecule has 0 spiro atoms. The molecule has 0 saturated carbocycles. The maximum atomic E-state index is 12.1. The quantitative estimate of drug-likeness (QED) is 0.793. The van der Waals surface area contributed by atoms with Crippen LogP contribution in [0.2, 0.25) is 0 Å². The molecule has 3 atom stereocenters. The van der Waals surface area contributed by atoms with E-state index in [1.165, 1.54) is 19.3 Å². The number of carbonyl (C=O) groups excluding carboxylic acids is 1. The minimum absolute atomic E-state index is 0.129. The summed E-state index contributed by atoms with van der Waals surface area (Å²) in [4.78, 5) is 16.4. The Morgan fingerprint density at radius 2 is 2.12 bits per heavy atom. The van der Waals surface area contributed by atoms with Crippen LogP contribution in [0.1, 0.15) is 39.0 Å². The smallest absolute Gasteiger partial charge is 0.239 e. The van der Waals surface area contributed by atoms with E-state index in [0.717, 1.165) is 25.9 Å². The summed E-state index contributed by atoms with van der Waals surface area (Å²) in [6, 6.07) is 0.878. The number of amides is 1. The van der Waals surface area contributed by atoms with E-state index >= 15 is 0 Å². The van der Waals surface area contributed by atoms with Gasteiger partial charge in [0.1, 0.15) is 0 Å². The fourth-order valence-electron chi connectivity index (χ4n) is 3.23. The van der Waals surface area contributed by atoms with E-state index in [4.69, 9.17) is 5.73 Å².